The van der Waals surface area contributed by atoms with Gasteiger partial charge in [-0.25, -0.2) is 4.79 Å². The third-order valence-corrected chi connectivity index (χ3v) is 0.368. The van der Waals surface area contributed by atoms with Crippen LogP contribution < -0.4 is 37.2 Å². The Kier molecular flexibility index (Phi) is 70.5. The van der Waals surface area contributed by atoms with Crippen molar-refractivity contribution in [3.8, 4) is 0 Å². The summed E-state index contributed by atoms with van der Waals surface area (Å²) in [5, 5.41) is 0. The number of hydrogen-bond acceptors (Lipinski definition) is 2. The first kappa shape index (κ1) is 31.1. The molecule has 58 valence electrons. The number of rotatable bonds is 1. The Bertz CT molecular complexity index is 78.9. The molecule has 0 heterocycles. The molecule has 0 fully saturated rings. The van der Waals surface area contributed by atoms with Gasteiger partial charge in [0.2, 0.25) is 0 Å². The largest absolute Gasteiger partial charge is 3.00 e. The Morgan fingerprint density at radius 3 is 1.70 bits per heavy atom. The summed E-state index contributed by atoms with van der Waals surface area (Å²) < 4.78 is 4.14. The summed E-state index contributed by atoms with van der Waals surface area (Å²) in [6.07, 6.45) is 1.11. The maximum Gasteiger partial charge on any atom is 3.00 e. The van der Waals surface area contributed by atoms with Gasteiger partial charge in [0.25, 0.3) is 0 Å². The van der Waals surface area contributed by atoms with Crippen LogP contribution in [0.25, 0.3) is 0 Å². The fourth-order valence-corrected chi connectivity index (χ4v) is 0.0833. The van der Waals surface area contributed by atoms with E-state index < -0.39 is 5.97 Å². The normalized spacial score (nSPS) is 4.10. The van der Waals surface area contributed by atoms with E-state index in [2.05, 4.69) is 11.3 Å². The number of hydrogen-bond donors (Lipinski definition) is 0. The van der Waals surface area contributed by atoms with Gasteiger partial charge in [-0.3, -0.25) is 0 Å². The molecule has 0 saturated heterocycles. The molecular formula is C4H6AlCl3O2. The van der Waals surface area contributed by atoms with Crippen molar-refractivity contribution in [2.45, 2.75) is 0 Å². The summed E-state index contributed by atoms with van der Waals surface area (Å²) in [7, 11) is 1.31. The van der Waals surface area contributed by atoms with Crippen LogP contribution in [0.2, 0.25) is 0 Å². The molecule has 0 aliphatic rings. The Labute approximate surface area is 89.8 Å². The zero-order valence-corrected chi connectivity index (χ0v) is 8.73. The van der Waals surface area contributed by atoms with Crippen molar-refractivity contribution in [1.29, 1.82) is 0 Å². The summed E-state index contributed by atoms with van der Waals surface area (Å²) in [5.74, 6) is -0.394. The van der Waals surface area contributed by atoms with E-state index in [0.29, 0.717) is 0 Å². The molecule has 0 aliphatic heterocycles. The molecule has 0 aromatic carbocycles. The average Bonchev–Trinajstić information content (AvgIpc) is 1.65. The third kappa shape index (κ3) is 23.5. The molecule has 0 rings (SSSR count). The van der Waals surface area contributed by atoms with Gasteiger partial charge in [-0.1, -0.05) is 6.58 Å². The van der Waals surface area contributed by atoms with Crippen LogP contribution in [0, 0.1) is 0 Å². The molecule has 10 heavy (non-hydrogen) atoms. The number of halogens is 3. The van der Waals surface area contributed by atoms with Crippen LogP contribution in [0.5, 0.6) is 0 Å². The van der Waals surface area contributed by atoms with E-state index in [1.807, 2.05) is 0 Å². The van der Waals surface area contributed by atoms with Crippen molar-refractivity contribution in [1.82, 2.24) is 0 Å². The Morgan fingerprint density at radius 1 is 1.40 bits per heavy atom. The first-order valence-corrected chi connectivity index (χ1v) is 1.51. The second kappa shape index (κ2) is 22.6. The molecule has 0 unspecified atom stereocenters. The summed E-state index contributed by atoms with van der Waals surface area (Å²) >= 11 is 0. The van der Waals surface area contributed by atoms with E-state index in [1.165, 1.54) is 7.11 Å². The molecule has 0 saturated carbocycles. The summed E-state index contributed by atoms with van der Waals surface area (Å²) in [4.78, 5) is 9.84. The molecule has 0 bridgehead atoms. The zero-order valence-electron chi connectivity index (χ0n) is 5.31. The summed E-state index contributed by atoms with van der Waals surface area (Å²) in [6, 6.07) is 0. The van der Waals surface area contributed by atoms with Crippen molar-refractivity contribution in [2.24, 2.45) is 0 Å². The van der Waals surface area contributed by atoms with Crippen molar-refractivity contribution in [2.75, 3.05) is 7.11 Å². The van der Waals surface area contributed by atoms with Crippen LogP contribution in [-0.2, 0) is 9.53 Å². The van der Waals surface area contributed by atoms with Gasteiger partial charge in [0, 0.05) is 6.08 Å². The molecule has 0 spiro atoms. The number of methoxy groups -OCH3 is 1. The molecule has 0 aromatic heterocycles. The molecule has 2 nitrogen and oxygen atoms in total. The van der Waals surface area contributed by atoms with Gasteiger partial charge in [0.1, 0.15) is 0 Å². The first-order valence-electron chi connectivity index (χ1n) is 1.51. The van der Waals surface area contributed by atoms with E-state index in [4.69, 9.17) is 0 Å². The second-order valence-electron chi connectivity index (χ2n) is 0.727. The Balaban J connectivity index is -0.0000000208. The van der Waals surface area contributed by atoms with Crippen molar-refractivity contribution in [3.05, 3.63) is 12.7 Å². The van der Waals surface area contributed by atoms with E-state index >= 15 is 0 Å². The van der Waals surface area contributed by atoms with Crippen LogP contribution in [0.3, 0.4) is 0 Å². The first-order chi connectivity index (χ1) is 2.81. The minimum atomic E-state index is -0.394. The molecule has 6 heteroatoms. The minimum Gasteiger partial charge on any atom is -1.00 e. The average molecular weight is 219 g/mol. The fourth-order valence-electron chi connectivity index (χ4n) is 0.0833. The van der Waals surface area contributed by atoms with Gasteiger partial charge in [-0.15, -0.1) is 0 Å². The zero-order chi connectivity index (χ0) is 4.99. The van der Waals surface area contributed by atoms with Gasteiger partial charge >= 0.3 is 23.3 Å². The quantitative estimate of drug-likeness (QED) is 0.249. The number of carbonyl (C=O) groups is 1. The smallest absolute Gasteiger partial charge is 1.00 e. The van der Waals surface area contributed by atoms with Gasteiger partial charge in [-0.2, -0.15) is 0 Å². The SMILES string of the molecule is C=CC(=O)OC.[Al+3].[Cl-].[Cl-].[Cl-]. The van der Waals surface area contributed by atoms with Crippen LogP contribution in [0.1, 0.15) is 0 Å². The van der Waals surface area contributed by atoms with Crippen molar-refractivity contribution in [3.63, 3.8) is 0 Å². The monoisotopic (exact) mass is 218 g/mol. The predicted molar refractivity (Wildman–Crippen MR) is 28.0 cm³/mol. The molecule has 0 N–H and O–H groups in total. The van der Waals surface area contributed by atoms with E-state index in [9.17, 15) is 4.79 Å². The molecular weight excluding hydrogens is 213 g/mol. The van der Waals surface area contributed by atoms with Crippen LogP contribution in [0.15, 0.2) is 12.7 Å². The molecule has 0 radical (unpaired) electrons. The van der Waals surface area contributed by atoms with Gasteiger partial charge in [0.05, 0.1) is 7.11 Å². The maximum atomic E-state index is 9.84. The summed E-state index contributed by atoms with van der Waals surface area (Å²) in [6.45, 7) is 3.16. The number of carbonyl (C=O) groups excluding carboxylic acids is 1. The predicted octanol–water partition coefficient (Wildman–Crippen LogP) is -9.02. The Hall–Kier alpha value is 0.612. The number of ether oxygens (including phenoxy) is 1. The molecule has 0 aliphatic carbocycles. The van der Waals surface area contributed by atoms with Crippen molar-refractivity contribution >= 4 is 23.3 Å². The van der Waals surface area contributed by atoms with Crippen LogP contribution in [-0.4, -0.2) is 30.4 Å². The van der Waals surface area contributed by atoms with Crippen molar-refractivity contribution < 1.29 is 46.8 Å². The second-order valence-corrected chi connectivity index (χ2v) is 0.727. The third-order valence-electron chi connectivity index (χ3n) is 0.368. The van der Waals surface area contributed by atoms with Crippen LogP contribution >= 0.6 is 0 Å². The van der Waals surface area contributed by atoms with Gasteiger partial charge in [-0.05, 0) is 0 Å². The standard InChI is InChI=1S/C4H6O2.Al.3ClH/c1-3-4(5)6-2;;;;/h3H,1H2,2H3;;3*1H/q;+3;;;/p-3. The molecule has 0 amide bonds. The van der Waals surface area contributed by atoms with Gasteiger partial charge < -0.3 is 42.0 Å². The fraction of sp³-hybridized carbons (Fsp3) is 0.250. The van der Waals surface area contributed by atoms with Crippen LogP contribution in [0.4, 0.5) is 0 Å². The summed E-state index contributed by atoms with van der Waals surface area (Å²) in [5.41, 5.74) is 0. The molecule has 0 aromatic rings. The number of esters is 1. The van der Waals surface area contributed by atoms with Gasteiger partial charge in [0.15, 0.2) is 0 Å². The van der Waals surface area contributed by atoms with E-state index in [1.54, 1.807) is 0 Å². The van der Waals surface area contributed by atoms with E-state index in [-0.39, 0.29) is 54.6 Å². The maximum absolute atomic E-state index is 9.84. The topological polar surface area (TPSA) is 26.3 Å². The van der Waals surface area contributed by atoms with E-state index in [0.717, 1.165) is 6.08 Å². The molecule has 0 atom stereocenters. The minimum absolute atomic E-state index is 0. The Morgan fingerprint density at radius 2 is 1.70 bits per heavy atom.